The molecule has 2 aliphatic rings. The van der Waals surface area contributed by atoms with Gasteiger partial charge in [-0.2, -0.15) is 0 Å². The monoisotopic (exact) mass is 273 g/mol. The normalized spacial score (nSPS) is 18.3. The van der Waals surface area contributed by atoms with Gasteiger partial charge < -0.3 is 10.6 Å². The van der Waals surface area contributed by atoms with Crippen molar-refractivity contribution < 1.29 is 9.59 Å². The smallest absolute Gasteiger partial charge is 0.248 e. The number of imide groups is 1. The number of carbonyl (C=O) groups is 2. The lowest BCUT2D eigenvalue weighted by atomic mass is 10.00. The highest BCUT2D eigenvalue weighted by Gasteiger charge is 2.29. The van der Waals surface area contributed by atoms with Crippen molar-refractivity contribution in [1.29, 1.82) is 0 Å². The van der Waals surface area contributed by atoms with Crippen LogP contribution in [0.3, 0.4) is 0 Å². The first kappa shape index (κ1) is 13.0. The van der Waals surface area contributed by atoms with Crippen molar-refractivity contribution in [3.63, 3.8) is 0 Å². The van der Waals surface area contributed by atoms with Crippen LogP contribution in [0.2, 0.25) is 0 Å². The zero-order valence-corrected chi connectivity index (χ0v) is 11.5. The highest BCUT2D eigenvalue weighted by molar-refractivity contribution is 5.98. The molecule has 5 heteroatoms. The molecule has 0 aliphatic carbocycles. The van der Waals surface area contributed by atoms with E-state index in [1.807, 2.05) is 23.1 Å². The number of rotatable bonds is 2. The maximum absolute atomic E-state index is 12.3. The third-order valence-electron chi connectivity index (χ3n) is 4.08. The number of nitrogens with two attached hydrogens (primary N) is 1. The topological polar surface area (TPSA) is 66.6 Å². The molecule has 2 amide bonds. The number of anilines is 2. The molecule has 0 aromatic heterocycles. The van der Waals surface area contributed by atoms with E-state index in [9.17, 15) is 9.59 Å². The Hall–Kier alpha value is -2.04. The average molecular weight is 273 g/mol. The van der Waals surface area contributed by atoms with Gasteiger partial charge in [0.15, 0.2) is 0 Å². The summed E-state index contributed by atoms with van der Waals surface area (Å²) in [5.41, 5.74) is 8.95. The van der Waals surface area contributed by atoms with Gasteiger partial charge in [-0.3, -0.25) is 14.5 Å². The van der Waals surface area contributed by atoms with Crippen LogP contribution in [-0.4, -0.2) is 36.3 Å². The largest absolute Gasteiger partial charge is 0.398 e. The first-order valence-electron chi connectivity index (χ1n) is 7.12. The van der Waals surface area contributed by atoms with Gasteiger partial charge in [0.1, 0.15) is 0 Å². The Morgan fingerprint density at radius 1 is 1.20 bits per heavy atom. The number of fused-ring (bicyclic) bond motifs is 1. The molecule has 106 valence electrons. The quantitative estimate of drug-likeness (QED) is 0.821. The first-order valence-corrected chi connectivity index (χ1v) is 7.12. The molecule has 20 heavy (non-hydrogen) atoms. The number of benzene rings is 1. The molecule has 2 heterocycles. The van der Waals surface area contributed by atoms with Crippen LogP contribution in [-0.2, 0) is 16.0 Å². The molecule has 0 radical (unpaired) electrons. The molecule has 0 saturated carbocycles. The molecule has 2 N–H and O–H groups in total. The standard InChI is InChI=1S/C15H19N3O2/c16-12-5-1-6-13-11(12)4-2-8-17(13)10-15(20)18-9-3-7-14(18)19/h1,5-6H,2-4,7-10,16H2. The summed E-state index contributed by atoms with van der Waals surface area (Å²) in [6, 6.07) is 5.82. The Balaban J connectivity index is 1.78. The molecule has 1 fully saturated rings. The molecule has 1 aromatic carbocycles. The predicted octanol–water partition coefficient (Wildman–Crippen LogP) is 1.17. The van der Waals surface area contributed by atoms with E-state index in [2.05, 4.69) is 0 Å². The average Bonchev–Trinajstić information content (AvgIpc) is 2.86. The van der Waals surface area contributed by atoms with Gasteiger partial charge in [-0.15, -0.1) is 0 Å². The Kier molecular flexibility index (Phi) is 3.34. The second-order valence-electron chi connectivity index (χ2n) is 5.41. The number of hydrogen-bond acceptors (Lipinski definition) is 4. The van der Waals surface area contributed by atoms with Crippen LogP contribution in [0.4, 0.5) is 11.4 Å². The highest BCUT2D eigenvalue weighted by Crippen LogP contribution is 2.31. The van der Waals surface area contributed by atoms with E-state index in [1.165, 1.54) is 4.90 Å². The minimum atomic E-state index is -0.0947. The van der Waals surface area contributed by atoms with E-state index in [-0.39, 0.29) is 18.4 Å². The molecule has 0 bridgehead atoms. The number of nitrogens with zero attached hydrogens (tertiary/aromatic N) is 2. The molecular formula is C15H19N3O2. The summed E-state index contributed by atoms with van der Waals surface area (Å²) in [4.78, 5) is 27.3. The molecule has 3 rings (SSSR count). The first-order chi connectivity index (χ1) is 9.66. The van der Waals surface area contributed by atoms with Crippen molar-refractivity contribution in [3.05, 3.63) is 23.8 Å². The molecule has 1 saturated heterocycles. The van der Waals surface area contributed by atoms with Gasteiger partial charge in [-0.05, 0) is 37.0 Å². The molecule has 5 nitrogen and oxygen atoms in total. The lowest BCUT2D eigenvalue weighted by Gasteiger charge is -2.32. The lowest BCUT2D eigenvalue weighted by molar-refractivity contribution is -0.140. The van der Waals surface area contributed by atoms with Crippen molar-refractivity contribution in [2.45, 2.75) is 25.7 Å². The summed E-state index contributed by atoms with van der Waals surface area (Å²) >= 11 is 0. The Morgan fingerprint density at radius 2 is 2.00 bits per heavy atom. The highest BCUT2D eigenvalue weighted by atomic mass is 16.2. The van der Waals surface area contributed by atoms with E-state index in [4.69, 9.17) is 5.73 Å². The fourth-order valence-corrected chi connectivity index (χ4v) is 3.05. The van der Waals surface area contributed by atoms with E-state index >= 15 is 0 Å². The van der Waals surface area contributed by atoms with Crippen LogP contribution >= 0.6 is 0 Å². The van der Waals surface area contributed by atoms with E-state index in [0.717, 1.165) is 42.7 Å². The molecular weight excluding hydrogens is 254 g/mol. The van der Waals surface area contributed by atoms with Crippen LogP contribution in [0.15, 0.2) is 18.2 Å². The Labute approximate surface area is 118 Å². The summed E-state index contributed by atoms with van der Waals surface area (Å²) in [7, 11) is 0. The third kappa shape index (κ3) is 2.24. The van der Waals surface area contributed by atoms with Crippen LogP contribution in [0.1, 0.15) is 24.8 Å². The maximum Gasteiger partial charge on any atom is 0.248 e. The van der Waals surface area contributed by atoms with Gasteiger partial charge in [0.25, 0.3) is 0 Å². The molecule has 0 atom stereocenters. The zero-order valence-electron chi connectivity index (χ0n) is 11.5. The lowest BCUT2D eigenvalue weighted by Crippen LogP contribution is -2.42. The summed E-state index contributed by atoms with van der Waals surface area (Å²) in [5, 5.41) is 0. The Morgan fingerprint density at radius 3 is 2.75 bits per heavy atom. The predicted molar refractivity (Wildman–Crippen MR) is 77.3 cm³/mol. The van der Waals surface area contributed by atoms with Gasteiger partial charge >= 0.3 is 0 Å². The fraction of sp³-hybridized carbons (Fsp3) is 0.467. The van der Waals surface area contributed by atoms with Gasteiger partial charge in [0, 0.05) is 30.9 Å². The van der Waals surface area contributed by atoms with Crippen molar-refractivity contribution in [3.8, 4) is 0 Å². The number of carbonyl (C=O) groups excluding carboxylic acids is 2. The van der Waals surface area contributed by atoms with Gasteiger partial charge in [0.2, 0.25) is 11.8 Å². The van der Waals surface area contributed by atoms with E-state index in [0.29, 0.717) is 13.0 Å². The molecule has 1 aromatic rings. The summed E-state index contributed by atoms with van der Waals surface area (Å²) in [6.45, 7) is 1.67. The summed E-state index contributed by atoms with van der Waals surface area (Å²) in [6.07, 6.45) is 3.22. The SMILES string of the molecule is Nc1cccc2c1CCCN2CC(=O)N1CCCC1=O. The van der Waals surface area contributed by atoms with Gasteiger partial charge in [-0.25, -0.2) is 0 Å². The fourth-order valence-electron chi connectivity index (χ4n) is 3.05. The van der Waals surface area contributed by atoms with Crippen molar-refractivity contribution >= 4 is 23.2 Å². The van der Waals surface area contributed by atoms with Crippen molar-refractivity contribution in [2.24, 2.45) is 0 Å². The summed E-state index contributed by atoms with van der Waals surface area (Å²) in [5.74, 6) is -0.136. The number of nitrogen functional groups attached to an aromatic ring is 1. The number of hydrogen-bond donors (Lipinski definition) is 1. The van der Waals surface area contributed by atoms with Crippen LogP contribution in [0, 0.1) is 0 Å². The maximum atomic E-state index is 12.3. The summed E-state index contributed by atoms with van der Waals surface area (Å²) < 4.78 is 0. The van der Waals surface area contributed by atoms with E-state index in [1.54, 1.807) is 0 Å². The van der Waals surface area contributed by atoms with E-state index < -0.39 is 0 Å². The minimum Gasteiger partial charge on any atom is -0.398 e. The molecule has 2 aliphatic heterocycles. The van der Waals surface area contributed by atoms with Crippen LogP contribution < -0.4 is 10.6 Å². The third-order valence-corrected chi connectivity index (χ3v) is 4.08. The number of likely N-dealkylation sites (tertiary alicyclic amines) is 1. The van der Waals surface area contributed by atoms with Gasteiger partial charge in [0.05, 0.1) is 6.54 Å². The van der Waals surface area contributed by atoms with Crippen molar-refractivity contribution in [2.75, 3.05) is 30.3 Å². The molecule has 0 unspecified atom stereocenters. The second kappa shape index (κ2) is 5.15. The van der Waals surface area contributed by atoms with Gasteiger partial charge in [-0.1, -0.05) is 6.07 Å². The molecule has 0 spiro atoms. The Bertz CT molecular complexity index is 556. The zero-order chi connectivity index (χ0) is 14.1. The van der Waals surface area contributed by atoms with Crippen molar-refractivity contribution in [1.82, 2.24) is 4.90 Å². The second-order valence-corrected chi connectivity index (χ2v) is 5.41. The van der Waals surface area contributed by atoms with Crippen LogP contribution in [0.5, 0.6) is 0 Å². The van der Waals surface area contributed by atoms with Crippen LogP contribution in [0.25, 0.3) is 0 Å². The minimum absolute atomic E-state index is 0.0418. The number of amides is 2.